The Hall–Kier alpha value is -2.17. The quantitative estimate of drug-likeness (QED) is 0.933. The van der Waals surface area contributed by atoms with Crippen molar-refractivity contribution in [2.24, 2.45) is 5.73 Å². The summed E-state index contributed by atoms with van der Waals surface area (Å²) in [5.74, 6) is 0.0277. The van der Waals surface area contributed by atoms with Gasteiger partial charge in [0, 0.05) is 32.2 Å². The van der Waals surface area contributed by atoms with E-state index in [9.17, 15) is 4.79 Å². The van der Waals surface area contributed by atoms with Gasteiger partial charge in [0.25, 0.3) is 0 Å². The van der Waals surface area contributed by atoms with Crippen molar-refractivity contribution < 1.29 is 4.79 Å². The molecule has 0 saturated carbocycles. The molecule has 2 aromatic rings. The molecule has 1 amide bonds. The number of carbonyl (C=O) groups excluding carboxylic acids is 1. The van der Waals surface area contributed by atoms with E-state index in [-0.39, 0.29) is 5.91 Å². The summed E-state index contributed by atoms with van der Waals surface area (Å²) in [7, 11) is 0. The van der Waals surface area contributed by atoms with Crippen molar-refractivity contribution in [1.82, 2.24) is 9.80 Å². The largest absolute Gasteiger partial charge is 0.340 e. The summed E-state index contributed by atoms with van der Waals surface area (Å²) in [5, 5.41) is 0. The van der Waals surface area contributed by atoms with E-state index in [1.807, 2.05) is 41.3 Å². The molecule has 132 valence electrons. The molecule has 2 N–H and O–H groups in total. The maximum atomic E-state index is 12.8. The van der Waals surface area contributed by atoms with Gasteiger partial charge in [-0.05, 0) is 24.5 Å². The van der Waals surface area contributed by atoms with Gasteiger partial charge < -0.3 is 10.6 Å². The van der Waals surface area contributed by atoms with Gasteiger partial charge in [-0.15, -0.1) is 0 Å². The highest BCUT2D eigenvalue weighted by atomic mass is 16.2. The van der Waals surface area contributed by atoms with Crippen LogP contribution in [0.1, 0.15) is 30.5 Å². The molecule has 25 heavy (non-hydrogen) atoms. The average molecular weight is 337 g/mol. The number of benzene rings is 2. The van der Waals surface area contributed by atoms with Crippen molar-refractivity contribution >= 4 is 5.91 Å². The molecule has 1 fully saturated rings. The number of rotatable bonds is 4. The summed E-state index contributed by atoms with van der Waals surface area (Å²) >= 11 is 0. The van der Waals surface area contributed by atoms with Gasteiger partial charge in [-0.1, -0.05) is 60.7 Å². The minimum atomic E-state index is -0.572. The lowest BCUT2D eigenvalue weighted by molar-refractivity contribution is -0.132. The van der Waals surface area contributed by atoms with E-state index in [0.29, 0.717) is 6.04 Å². The molecule has 0 bridgehead atoms. The van der Waals surface area contributed by atoms with Gasteiger partial charge in [-0.25, -0.2) is 0 Å². The first-order valence-corrected chi connectivity index (χ1v) is 9.02. The van der Waals surface area contributed by atoms with E-state index in [2.05, 4.69) is 36.1 Å². The Morgan fingerprint density at radius 3 is 2.36 bits per heavy atom. The molecule has 4 heteroatoms. The van der Waals surface area contributed by atoms with Crippen LogP contribution in [0.4, 0.5) is 0 Å². The highest BCUT2D eigenvalue weighted by molar-refractivity contribution is 5.83. The van der Waals surface area contributed by atoms with Crippen LogP contribution < -0.4 is 5.73 Å². The highest BCUT2D eigenvalue weighted by Crippen LogP contribution is 2.18. The van der Waals surface area contributed by atoms with E-state index in [1.165, 1.54) is 5.56 Å². The van der Waals surface area contributed by atoms with Crippen molar-refractivity contribution in [3.05, 3.63) is 71.8 Å². The van der Waals surface area contributed by atoms with Crippen molar-refractivity contribution in [2.45, 2.75) is 32.0 Å². The molecular weight excluding hydrogens is 310 g/mol. The Balaban J connectivity index is 1.63. The Kier molecular flexibility index (Phi) is 5.84. The topological polar surface area (TPSA) is 49.6 Å². The summed E-state index contributed by atoms with van der Waals surface area (Å²) in [5.41, 5.74) is 8.40. The van der Waals surface area contributed by atoms with E-state index in [0.717, 1.165) is 38.2 Å². The Bertz CT molecular complexity index is 674. The maximum Gasteiger partial charge on any atom is 0.244 e. The monoisotopic (exact) mass is 337 g/mol. The van der Waals surface area contributed by atoms with Crippen molar-refractivity contribution in [3.8, 4) is 0 Å². The first-order chi connectivity index (χ1) is 12.1. The summed E-state index contributed by atoms with van der Waals surface area (Å²) in [6.45, 7) is 5.55. The van der Waals surface area contributed by atoms with E-state index in [1.54, 1.807) is 0 Å². The van der Waals surface area contributed by atoms with Gasteiger partial charge in [0.1, 0.15) is 6.04 Å². The van der Waals surface area contributed by atoms with Crippen LogP contribution in [-0.2, 0) is 11.3 Å². The molecule has 2 atom stereocenters. The summed E-state index contributed by atoms with van der Waals surface area (Å²) in [6, 6.07) is 20.0. The number of hydrogen-bond donors (Lipinski definition) is 1. The van der Waals surface area contributed by atoms with E-state index < -0.39 is 6.04 Å². The average Bonchev–Trinajstić information content (AvgIpc) is 2.84. The normalized spacial score (nSPS) is 20.1. The second-order valence-corrected chi connectivity index (χ2v) is 6.81. The second kappa shape index (κ2) is 8.28. The van der Waals surface area contributed by atoms with Gasteiger partial charge in [0.15, 0.2) is 0 Å². The fraction of sp³-hybridized carbons (Fsp3) is 0.381. The number of hydrogen-bond acceptors (Lipinski definition) is 3. The fourth-order valence-corrected chi connectivity index (χ4v) is 3.38. The molecule has 1 aliphatic rings. The minimum absolute atomic E-state index is 0.0277. The minimum Gasteiger partial charge on any atom is -0.340 e. The SMILES string of the molecule is CC1CCN(C(=O)C(N)c2ccccc2)CCN1Cc1ccccc1. The fourth-order valence-electron chi connectivity index (χ4n) is 3.38. The Morgan fingerprint density at radius 1 is 1.04 bits per heavy atom. The Labute approximate surface area is 150 Å². The van der Waals surface area contributed by atoms with Gasteiger partial charge >= 0.3 is 0 Å². The van der Waals surface area contributed by atoms with Gasteiger partial charge in [-0.2, -0.15) is 0 Å². The van der Waals surface area contributed by atoms with Crippen LogP contribution in [0.15, 0.2) is 60.7 Å². The highest BCUT2D eigenvalue weighted by Gasteiger charge is 2.27. The first-order valence-electron chi connectivity index (χ1n) is 9.02. The summed E-state index contributed by atoms with van der Waals surface area (Å²) in [6.07, 6.45) is 0.972. The molecule has 2 unspecified atom stereocenters. The lowest BCUT2D eigenvalue weighted by atomic mass is 10.1. The zero-order valence-corrected chi connectivity index (χ0v) is 14.8. The lowest BCUT2D eigenvalue weighted by Gasteiger charge is -2.26. The van der Waals surface area contributed by atoms with Crippen molar-refractivity contribution in [3.63, 3.8) is 0 Å². The van der Waals surface area contributed by atoms with Gasteiger partial charge in [-0.3, -0.25) is 9.69 Å². The van der Waals surface area contributed by atoms with Crippen LogP contribution in [0, 0.1) is 0 Å². The molecule has 0 aromatic heterocycles. The van der Waals surface area contributed by atoms with E-state index >= 15 is 0 Å². The lowest BCUT2D eigenvalue weighted by Crippen LogP contribution is -2.40. The smallest absolute Gasteiger partial charge is 0.244 e. The predicted molar refractivity (Wildman–Crippen MR) is 101 cm³/mol. The third-order valence-corrected chi connectivity index (χ3v) is 5.06. The number of nitrogens with zero attached hydrogens (tertiary/aromatic N) is 2. The molecule has 0 radical (unpaired) electrons. The molecule has 4 nitrogen and oxygen atoms in total. The Morgan fingerprint density at radius 2 is 1.68 bits per heavy atom. The number of nitrogens with two attached hydrogens (primary N) is 1. The number of amides is 1. The number of carbonyl (C=O) groups is 1. The van der Waals surface area contributed by atoms with Crippen LogP contribution in [0.2, 0.25) is 0 Å². The molecule has 3 rings (SSSR count). The van der Waals surface area contributed by atoms with Crippen LogP contribution >= 0.6 is 0 Å². The molecule has 1 heterocycles. The zero-order valence-electron chi connectivity index (χ0n) is 14.8. The summed E-state index contributed by atoms with van der Waals surface area (Å²) in [4.78, 5) is 17.2. The molecule has 0 spiro atoms. The molecule has 0 aliphatic carbocycles. The van der Waals surface area contributed by atoms with Crippen LogP contribution in [-0.4, -0.2) is 41.4 Å². The standard InChI is InChI=1S/C21H27N3O/c1-17-12-13-23(21(25)20(22)19-10-6-3-7-11-19)14-15-24(17)16-18-8-4-2-5-9-18/h2-11,17,20H,12-16,22H2,1H3. The predicted octanol–water partition coefficient (Wildman–Crippen LogP) is 2.81. The van der Waals surface area contributed by atoms with Crippen LogP contribution in [0.5, 0.6) is 0 Å². The molecule has 2 aromatic carbocycles. The van der Waals surface area contributed by atoms with Gasteiger partial charge in [0.05, 0.1) is 0 Å². The zero-order chi connectivity index (χ0) is 17.6. The van der Waals surface area contributed by atoms with Crippen molar-refractivity contribution in [1.29, 1.82) is 0 Å². The molecular formula is C21H27N3O. The third-order valence-electron chi connectivity index (χ3n) is 5.06. The summed E-state index contributed by atoms with van der Waals surface area (Å²) < 4.78 is 0. The van der Waals surface area contributed by atoms with Crippen LogP contribution in [0.25, 0.3) is 0 Å². The third kappa shape index (κ3) is 4.47. The van der Waals surface area contributed by atoms with E-state index in [4.69, 9.17) is 5.73 Å². The van der Waals surface area contributed by atoms with Gasteiger partial charge in [0.2, 0.25) is 5.91 Å². The van der Waals surface area contributed by atoms with Crippen molar-refractivity contribution in [2.75, 3.05) is 19.6 Å². The molecule has 1 saturated heterocycles. The van der Waals surface area contributed by atoms with Crippen LogP contribution in [0.3, 0.4) is 0 Å². The first kappa shape index (κ1) is 17.6. The second-order valence-electron chi connectivity index (χ2n) is 6.81. The maximum absolute atomic E-state index is 12.8. The molecule has 1 aliphatic heterocycles.